The molecule has 0 atom stereocenters. The maximum atomic E-state index is 13.1. The van der Waals surface area contributed by atoms with Crippen molar-refractivity contribution in [3.8, 4) is 0 Å². The molecule has 32 heavy (non-hydrogen) atoms. The minimum Gasteiger partial charge on any atom is -0.310 e. The van der Waals surface area contributed by atoms with E-state index in [1.165, 1.54) is 38.5 Å². The number of aryl methyl sites for hydroxylation is 1. The maximum Gasteiger partial charge on any atom is 0.226 e. The van der Waals surface area contributed by atoms with Gasteiger partial charge < -0.3 is 5.32 Å². The Morgan fingerprint density at radius 1 is 1.12 bits per heavy atom. The van der Waals surface area contributed by atoms with Crippen LogP contribution in [0.3, 0.4) is 0 Å². The largest absolute Gasteiger partial charge is 0.310 e. The highest BCUT2D eigenvalue weighted by Gasteiger charge is 2.51. The van der Waals surface area contributed by atoms with Crippen molar-refractivity contribution >= 4 is 11.7 Å². The first-order valence-corrected chi connectivity index (χ1v) is 12.3. The monoisotopic (exact) mass is 431 g/mol. The lowest BCUT2D eigenvalue weighted by molar-refractivity contribution is -0.124. The summed E-state index contributed by atoms with van der Waals surface area (Å²) in [5, 5.41) is 3.20. The molecule has 4 saturated carbocycles. The molecule has 0 aromatic carbocycles. The molecule has 7 rings (SSSR count). The number of hydrogen-bond donors (Lipinski definition) is 1. The van der Waals surface area contributed by atoms with Gasteiger partial charge in [-0.15, -0.1) is 0 Å². The molecular weight excluding hydrogens is 398 g/mol. The minimum atomic E-state index is 0.152. The van der Waals surface area contributed by atoms with Gasteiger partial charge in [0, 0.05) is 37.3 Å². The van der Waals surface area contributed by atoms with Crippen LogP contribution in [0.5, 0.6) is 0 Å². The molecule has 0 spiro atoms. The molecule has 4 bridgehead atoms. The summed E-state index contributed by atoms with van der Waals surface area (Å²) in [5.74, 6) is 3.50. The summed E-state index contributed by atoms with van der Waals surface area (Å²) in [5.41, 5.74) is 4.53. The van der Waals surface area contributed by atoms with Crippen LogP contribution < -0.4 is 5.32 Å². The Morgan fingerprint density at radius 3 is 2.59 bits per heavy atom. The zero-order valence-electron chi connectivity index (χ0n) is 19.0. The zero-order chi connectivity index (χ0) is 21.7. The van der Waals surface area contributed by atoms with E-state index in [0.29, 0.717) is 6.42 Å². The number of carbonyl (C=O) groups is 1. The van der Waals surface area contributed by atoms with Gasteiger partial charge in [0.2, 0.25) is 5.91 Å². The summed E-state index contributed by atoms with van der Waals surface area (Å²) >= 11 is 0. The Morgan fingerprint density at radius 2 is 1.88 bits per heavy atom. The summed E-state index contributed by atoms with van der Waals surface area (Å²) in [6, 6.07) is 6.17. The second kappa shape index (κ2) is 7.91. The van der Waals surface area contributed by atoms with Gasteiger partial charge in [-0.25, -0.2) is 9.97 Å². The highest BCUT2D eigenvalue weighted by Crippen LogP contribution is 2.61. The fourth-order valence-electron chi connectivity index (χ4n) is 7.59. The summed E-state index contributed by atoms with van der Waals surface area (Å²) in [6.45, 7) is 4.54. The first-order chi connectivity index (χ1) is 15.5. The Labute approximate surface area is 190 Å². The van der Waals surface area contributed by atoms with Crippen LogP contribution in [0.2, 0.25) is 0 Å². The third-order valence-electron chi connectivity index (χ3n) is 8.38. The molecule has 6 nitrogen and oxygen atoms in total. The first kappa shape index (κ1) is 20.3. The first-order valence-electron chi connectivity index (χ1n) is 12.3. The van der Waals surface area contributed by atoms with Crippen LogP contribution in [-0.2, 0) is 24.3 Å². The molecule has 0 saturated heterocycles. The number of rotatable bonds is 5. The lowest BCUT2D eigenvalue weighted by atomic mass is 9.49. The number of aromatic nitrogens is 3. The van der Waals surface area contributed by atoms with E-state index in [2.05, 4.69) is 37.3 Å². The van der Waals surface area contributed by atoms with Gasteiger partial charge in [-0.2, -0.15) is 0 Å². The Hall–Kier alpha value is -2.34. The van der Waals surface area contributed by atoms with E-state index in [4.69, 9.17) is 0 Å². The number of carbonyl (C=O) groups excluding carboxylic acids is 1. The Balaban J connectivity index is 1.12. The van der Waals surface area contributed by atoms with Crippen LogP contribution in [0.25, 0.3) is 0 Å². The average Bonchev–Trinajstić information content (AvgIpc) is 2.72. The van der Waals surface area contributed by atoms with Crippen molar-refractivity contribution in [2.45, 2.75) is 71.4 Å². The number of nitrogens with one attached hydrogen (secondary N) is 1. The van der Waals surface area contributed by atoms with Crippen LogP contribution in [0.4, 0.5) is 5.82 Å². The predicted octanol–water partition coefficient (Wildman–Crippen LogP) is 4.28. The van der Waals surface area contributed by atoms with E-state index in [0.717, 1.165) is 72.3 Å². The van der Waals surface area contributed by atoms with Crippen molar-refractivity contribution in [3.05, 3.63) is 47.2 Å². The molecule has 6 heteroatoms. The molecule has 1 amide bonds. The maximum absolute atomic E-state index is 13.1. The molecule has 2 aromatic rings. The van der Waals surface area contributed by atoms with Crippen LogP contribution in [0.15, 0.2) is 24.5 Å². The van der Waals surface area contributed by atoms with Crippen LogP contribution >= 0.6 is 0 Å². The van der Waals surface area contributed by atoms with Gasteiger partial charge in [0.25, 0.3) is 0 Å². The van der Waals surface area contributed by atoms with Crippen LogP contribution in [0, 0.1) is 30.1 Å². The predicted molar refractivity (Wildman–Crippen MR) is 123 cm³/mol. The van der Waals surface area contributed by atoms with E-state index in [9.17, 15) is 4.79 Å². The summed E-state index contributed by atoms with van der Waals surface area (Å²) in [4.78, 5) is 29.2. The summed E-state index contributed by atoms with van der Waals surface area (Å²) < 4.78 is 0. The average molecular weight is 432 g/mol. The number of fused-ring (bicyclic) bond motifs is 1. The lowest BCUT2D eigenvalue weighted by Crippen LogP contribution is -2.47. The molecule has 2 aromatic heterocycles. The van der Waals surface area contributed by atoms with Crippen LogP contribution in [-0.4, -0.2) is 32.3 Å². The Kier molecular flexibility index (Phi) is 5.01. The number of hydrogen-bond acceptors (Lipinski definition) is 5. The highest BCUT2D eigenvalue weighted by molar-refractivity contribution is 5.91. The van der Waals surface area contributed by atoms with E-state index in [1.807, 2.05) is 13.0 Å². The van der Waals surface area contributed by atoms with Crippen molar-refractivity contribution in [1.29, 1.82) is 0 Å². The summed E-state index contributed by atoms with van der Waals surface area (Å²) in [7, 11) is 0. The molecule has 1 aliphatic heterocycles. The van der Waals surface area contributed by atoms with Crippen molar-refractivity contribution in [2.24, 2.45) is 23.2 Å². The van der Waals surface area contributed by atoms with Crippen molar-refractivity contribution in [1.82, 2.24) is 19.9 Å². The van der Waals surface area contributed by atoms with Gasteiger partial charge in [-0.05, 0) is 87.2 Å². The Bertz CT molecular complexity index is 999. The second-order valence-corrected chi connectivity index (χ2v) is 11.0. The molecule has 3 heterocycles. The number of anilines is 1. The fraction of sp³-hybridized carbons (Fsp3) is 0.615. The zero-order valence-corrected chi connectivity index (χ0v) is 19.0. The second-order valence-electron chi connectivity index (χ2n) is 11.0. The van der Waals surface area contributed by atoms with Gasteiger partial charge in [0.05, 0.1) is 11.4 Å². The third-order valence-corrected chi connectivity index (χ3v) is 8.38. The number of nitrogens with zero attached hydrogens (tertiary/aromatic N) is 4. The van der Waals surface area contributed by atoms with Gasteiger partial charge in [-0.3, -0.25) is 14.7 Å². The normalized spacial score (nSPS) is 30.8. The van der Waals surface area contributed by atoms with Crippen molar-refractivity contribution in [3.63, 3.8) is 0 Å². The van der Waals surface area contributed by atoms with Gasteiger partial charge >= 0.3 is 0 Å². The topological polar surface area (TPSA) is 71.0 Å². The van der Waals surface area contributed by atoms with Crippen molar-refractivity contribution in [2.75, 3.05) is 11.9 Å². The lowest BCUT2D eigenvalue weighted by Gasteiger charge is -2.56. The quantitative estimate of drug-likeness (QED) is 0.765. The van der Waals surface area contributed by atoms with E-state index >= 15 is 0 Å². The van der Waals surface area contributed by atoms with E-state index < -0.39 is 0 Å². The molecule has 1 N–H and O–H groups in total. The smallest absolute Gasteiger partial charge is 0.226 e. The fourth-order valence-corrected chi connectivity index (χ4v) is 7.59. The molecule has 0 radical (unpaired) electrons. The SMILES string of the molecule is Cc1cccc(CN2CCc3c(ncnc3NC(=O)CC34CC5CC(CC(C5)C3)C4)C2)n1. The molecule has 4 fully saturated rings. The standard InChI is InChI=1S/C26H33N5O/c1-17-3-2-4-21(29-17)14-31-6-5-22-23(15-31)27-16-28-25(22)30-24(32)13-26-10-18-7-19(11-26)9-20(8-18)12-26/h2-4,16,18-20H,5-15H2,1H3,(H,27,28,30,32). The van der Waals surface area contributed by atoms with Gasteiger partial charge in [-0.1, -0.05) is 6.07 Å². The molecule has 4 aliphatic carbocycles. The summed E-state index contributed by atoms with van der Waals surface area (Å²) in [6.07, 6.45) is 11.1. The van der Waals surface area contributed by atoms with E-state index in [1.54, 1.807) is 6.33 Å². The minimum absolute atomic E-state index is 0.152. The third kappa shape index (κ3) is 3.94. The molecule has 0 unspecified atom stereocenters. The number of amides is 1. The highest BCUT2D eigenvalue weighted by atomic mass is 16.1. The van der Waals surface area contributed by atoms with Crippen LogP contribution in [0.1, 0.15) is 67.6 Å². The van der Waals surface area contributed by atoms with Gasteiger partial charge in [0.15, 0.2) is 0 Å². The van der Waals surface area contributed by atoms with E-state index in [-0.39, 0.29) is 11.3 Å². The number of pyridine rings is 1. The molecule has 168 valence electrons. The molecular formula is C26H33N5O. The van der Waals surface area contributed by atoms with Crippen molar-refractivity contribution < 1.29 is 4.79 Å². The van der Waals surface area contributed by atoms with Gasteiger partial charge in [0.1, 0.15) is 12.1 Å². The molecule has 5 aliphatic rings.